The first-order valence-corrected chi connectivity index (χ1v) is 10.7. The Morgan fingerprint density at radius 2 is 1.78 bits per heavy atom. The summed E-state index contributed by atoms with van der Waals surface area (Å²) < 4.78 is 32.7. The molecule has 2 aliphatic rings. The number of hydrogen-bond donors (Lipinski definition) is 1. The number of carbonyl (C=O) groups is 1. The highest BCUT2D eigenvalue weighted by Gasteiger charge is 2.53. The van der Waals surface area contributed by atoms with Crippen molar-refractivity contribution in [2.75, 3.05) is 0 Å². The van der Waals surface area contributed by atoms with Crippen molar-refractivity contribution in [3.63, 3.8) is 0 Å². The second-order valence-electron chi connectivity index (χ2n) is 7.86. The minimum atomic E-state index is -3.84. The zero-order valence-electron chi connectivity index (χ0n) is 15.6. The second kappa shape index (κ2) is 6.09. The topological polar surface area (TPSA) is 72.5 Å². The monoisotopic (exact) mass is 385 g/mol. The highest BCUT2D eigenvalue weighted by Crippen LogP contribution is 2.47. The van der Waals surface area contributed by atoms with Crippen LogP contribution in [0.3, 0.4) is 0 Å². The quantitative estimate of drug-likeness (QED) is 0.879. The summed E-state index contributed by atoms with van der Waals surface area (Å²) >= 11 is 0. The molecular weight excluding hydrogens is 362 g/mol. The normalized spacial score (nSPS) is 26.9. The molecule has 0 spiro atoms. The number of fused-ring (bicyclic) bond motifs is 4. The number of amides is 1. The lowest BCUT2D eigenvalue weighted by Crippen LogP contribution is -2.63. The van der Waals surface area contributed by atoms with E-state index in [0.717, 1.165) is 11.1 Å². The van der Waals surface area contributed by atoms with E-state index in [2.05, 4.69) is 19.2 Å². The molecule has 1 amide bonds. The molecule has 3 unspecified atom stereocenters. The molecule has 0 radical (unpaired) electrons. The number of ether oxygens (including phenoxy) is 1. The van der Waals surface area contributed by atoms with Crippen LogP contribution in [-0.4, -0.2) is 25.3 Å². The molecule has 2 bridgehead atoms. The predicted octanol–water partition coefficient (Wildman–Crippen LogP) is 3.36. The molecule has 3 atom stereocenters. The zero-order valence-corrected chi connectivity index (χ0v) is 16.4. The van der Waals surface area contributed by atoms with Crippen molar-refractivity contribution in [3.05, 3.63) is 59.7 Å². The third-order valence-electron chi connectivity index (χ3n) is 5.48. The van der Waals surface area contributed by atoms with Gasteiger partial charge in [-0.05, 0) is 42.2 Å². The average molecular weight is 385 g/mol. The van der Waals surface area contributed by atoms with Crippen LogP contribution >= 0.6 is 0 Å². The van der Waals surface area contributed by atoms with Gasteiger partial charge in [0.05, 0.1) is 4.90 Å². The van der Waals surface area contributed by atoms with E-state index in [1.807, 2.05) is 36.4 Å². The maximum atomic E-state index is 13.4. The summed E-state index contributed by atoms with van der Waals surface area (Å²) in [5.41, 5.74) is 0.951. The third kappa shape index (κ3) is 2.92. The molecule has 2 aromatic rings. The lowest BCUT2D eigenvalue weighted by atomic mass is 9.81. The molecule has 0 saturated carbocycles. The number of rotatable bonds is 3. The number of para-hydroxylation sites is 1. The highest BCUT2D eigenvalue weighted by atomic mass is 32.2. The van der Waals surface area contributed by atoms with Crippen LogP contribution in [0, 0.1) is 0 Å². The third-order valence-corrected chi connectivity index (χ3v) is 7.62. The highest BCUT2D eigenvalue weighted by molar-refractivity contribution is 7.92. The van der Waals surface area contributed by atoms with Crippen LogP contribution in [0.25, 0.3) is 0 Å². The summed E-state index contributed by atoms with van der Waals surface area (Å²) in [7, 11) is -3.84. The van der Waals surface area contributed by atoms with Crippen LogP contribution in [0.5, 0.6) is 5.75 Å². The van der Waals surface area contributed by atoms with Gasteiger partial charge < -0.3 is 10.1 Å². The van der Waals surface area contributed by atoms with Crippen molar-refractivity contribution < 1.29 is 17.9 Å². The van der Waals surface area contributed by atoms with Crippen molar-refractivity contribution >= 4 is 15.7 Å². The molecule has 27 heavy (non-hydrogen) atoms. The second-order valence-corrected chi connectivity index (χ2v) is 9.93. The molecule has 2 aromatic carbocycles. The Labute approximate surface area is 159 Å². The Bertz CT molecular complexity index is 997. The standard InChI is InChI=1S/C21H23NO4S/c1-13(2)14-8-10-15(11-9-14)27(24,25)19-17-12-21(3,22-20(19)23)26-18-7-5-4-6-16(17)18/h4-11,13,17,19H,12H2,1-3H3,(H,22,23). The Balaban J connectivity index is 1.79. The molecular formula is C21H23NO4S. The van der Waals surface area contributed by atoms with E-state index in [0.29, 0.717) is 18.1 Å². The van der Waals surface area contributed by atoms with E-state index in [-0.39, 0.29) is 4.90 Å². The van der Waals surface area contributed by atoms with Gasteiger partial charge in [0.15, 0.2) is 20.8 Å². The van der Waals surface area contributed by atoms with E-state index in [1.165, 1.54) is 0 Å². The smallest absolute Gasteiger partial charge is 0.242 e. The average Bonchev–Trinajstić information content (AvgIpc) is 2.60. The molecule has 142 valence electrons. The number of hydrogen-bond acceptors (Lipinski definition) is 4. The van der Waals surface area contributed by atoms with E-state index < -0.39 is 32.6 Å². The van der Waals surface area contributed by atoms with Crippen LogP contribution in [0.2, 0.25) is 0 Å². The van der Waals surface area contributed by atoms with E-state index >= 15 is 0 Å². The van der Waals surface area contributed by atoms with Gasteiger partial charge >= 0.3 is 0 Å². The lowest BCUT2D eigenvalue weighted by molar-refractivity contribution is -0.132. The molecule has 4 rings (SSSR count). The minimum absolute atomic E-state index is 0.180. The van der Waals surface area contributed by atoms with Gasteiger partial charge in [-0.2, -0.15) is 0 Å². The van der Waals surface area contributed by atoms with Crippen LogP contribution in [0.1, 0.15) is 50.2 Å². The fourth-order valence-corrected chi connectivity index (χ4v) is 5.93. The maximum absolute atomic E-state index is 13.4. The maximum Gasteiger partial charge on any atom is 0.242 e. The number of benzene rings is 2. The summed E-state index contributed by atoms with van der Waals surface area (Å²) in [6.45, 7) is 5.89. The van der Waals surface area contributed by atoms with Crippen LogP contribution in [-0.2, 0) is 14.6 Å². The van der Waals surface area contributed by atoms with Crippen molar-refractivity contribution in [2.24, 2.45) is 0 Å². The predicted molar refractivity (Wildman–Crippen MR) is 102 cm³/mol. The van der Waals surface area contributed by atoms with Crippen molar-refractivity contribution in [2.45, 2.75) is 54.9 Å². The van der Waals surface area contributed by atoms with Gasteiger partial charge in [-0.3, -0.25) is 4.79 Å². The SMILES string of the molecule is CC(C)c1ccc(S(=O)(=O)C2C(=O)NC3(C)CC2c2ccccc2O3)cc1. The molecule has 1 fully saturated rings. The first-order valence-electron chi connectivity index (χ1n) is 9.15. The van der Waals surface area contributed by atoms with E-state index in [9.17, 15) is 13.2 Å². The molecule has 2 heterocycles. The van der Waals surface area contributed by atoms with Crippen molar-refractivity contribution in [1.82, 2.24) is 5.32 Å². The van der Waals surface area contributed by atoms with E-state index in [4.69, 9.17) is 4.74 Å². The van der Waals surface area contributed by atoms with Gasteiger partial charge in [-0.15, -0.1) is 0 Å². The van der Waals surface area contributed by atoms with Gasteiger partial charge in [-0.25, -0.2) is 8.42 Å². The molecule has 6 heteroatoms. The molecule has 0 aromatic heterocycles. The number of piperidine rings is 1. The van der Waals surface area contributed by atoms with E-state index in [1.54, 1.807) is 19.1 Å². The van der Waals surface area contributed by atoms with Gasteiger partial charge in [0, 0.05) is 12.3 Å². The largest absolute Gasteiger partial charge is 0.468 e. The Kier molecular flexibility index (Phi) is 4.07. The lowest BCUT2D eigenvalue weighted by Gasteiger charge is -2.46. The Hall–Kier alpha value is -2.34. The van der Waals surface area contributed by atoms with Gasteiger partial charge in [0.2, 0.25) is 5.91 Å². The molecule has 5 nitrogen and oxygen atoms in total. The number of sulfone groups is 1. The fourth-order valence-electron chi connectivity index (χ4n) is 4.10. The molecule has 2 aliphatic heterocycles. The summed E-state index contributed by atoms with van der Waals surface area (Å²) in [4.78, 5) is 13.0. The summed E-state index contributed by atoms with van der Waals surface area (Å²) in [6.07, 6.45) is 0.420. The van der Waals surface area contributed by atoms with Crippen LogP contribution < -0.4 is 10.1 Å². The molecule has 1 N–H and O–H groups in total. The van der Waals surface area contributed by atoms with Crippen molar-refractivity contribution in [1.29, 1.82) is 0 Å². The summed E-state index contributed by atoms with van der Waals surface area (Å²) in [5.74, 6) is -0.00548. The first kappa shape index (κ1) is 18.0. The summed E-state index contributed by atoms with van der Waals surface area (Å²) in [5, 5.41) is 1.61. The van der Waals surface area contributed by atoms with Crippen LogP contribution in [0.15, 0.2) is 53.4 Å². The minimum Gasteiger partial charge on any atom is -0.468 e. The number of carbonyl (C=O) groups excluding carboxylic acids is 1. The van der Waals surface area contributed by atoms with Gasteiger partial charge in [-0.1, -0.05) is 44.2 Å². The van der Waals surface area contributed by atoms with Gasteiger partial charge in [0.25, 0.3) is 0 Å². The Morgan fingerprint density at radius 1 is 1.11 bits per heavy atom. The first-order chi connectivity index (χ1) is 12.7. The number of nitrogens with one attached hydrogen (secondary N) is 1. The van der Waals surface area contributed by atoms with Gasteiger partial charge in [0.1, 0.15) is 5.75 Å². The fraction of sp³-hybridized carbons (Fsp3) is 0.381. The Morgan fingerprint density at radius 3 is 2.44 bits per heavy atom. The van der Waals surface area contributed by atoms with Crippen molar-refractivity contribution in [3.8, 4) is 5.75 Å². The van der Waals surface area contributed by atoms with Crippen LogP contribution in [0.4, 0.5) is 0 Å². The zero-order chi connectivity index (χ0) is 19.4. The molecule has 1 saturated heterocycles. The molecule has 0 aliphatic carbocycles. The summed E-state index contributed by atoms with van der Waals surface area (Å²) in [6, 6.07) is 14.2.